The van der Waals surface area contributed by atoms with Crippen LogP contribution in [0.3, 0.4) is 0 Å². The molecule has 1 aromatic carbocycles. The van der Waals surface area contributed by atoms with Crippen molar-refractivity contribution in [3.05, 3.63) is 70.3 Å². The summed E-state index contributed by atoms with van der Waals surface area (Å²) in [5.41, 5.74) is 4.74. The highest BCUT2D eigenvalue weighted by molar-refractivity contribution is 7.99. The Kier molecular flexibility index (Phi) is 16.8. The fourth-order valence-electron chi connectivity index (χ4n) is 4.01. The minimum Gasteiger partial charge on any atom is -0.483 e. The van der Waals surface area contributed by atoms with Gasteiger partial charge in [-0.25, -0.2) is 4.79 Å². The molecular formula is C31H42N2O7S. The van der Waals surface area contributed by atoms with Crippen molar-refractivity contribution in [1.29, 1.82) is 0 Å². The van der Waals surface area contributed by atoms with Crippen LogP contribution in [0.5, 0.6) is 0 Å². The van der Waals surface area contributed by atoms with Crippen LogP contribution in [-0.4, -0.2) is 69.4 Å². The third-order valence-corrected chi connectivity index (χ3v) is 7.23. The number of carboxylic acid groups (broad SMARTS) is 2. The van der Waals surface area contributed by atoms with E-state index in [0.29, 0.717) is 16.9 Å². The number of aliphatic carboxylic acids is 1. The molecule has 1 aliphatic heterocycles. The normalized spacial score (nSPS) is 13.6. The lowest BCUT2D eigenvalue weighted by Crippen LogP contribution is -2.43. The van der Waals surface area contributed by atoms with Crippen molar-refractivity contribution in [1.82, 2.24) is 10.2 Å². The van der Waals surface area contributed by atoms with Crippen molar-refractivity contribution in [2.75, 3.05) is 18.1 Å². The van der Waals surface area contributed by atoms with Gasteiger partial charge in [0, 0.05) is 24.5 Å². The Balaban J connectivity index is 0.00000268. The number of nitrogens with one attached hydrogen (secondary N) is 1. The van der Waals surface area contributed by atoms with Gasteiger partial charge < -0.3 is 15.5 Å². The summed E-state index contributed by atoms with van der Waals surface area (Å²) in [6, 6.07) is 5.64. The van der Waals surface area contributed by atoms with Crippen molar-refractivity contribution in [3.63, 3.8) is 0 Å². The number of carbonyl (C=O) groups excluding carboxylic acids is 3. The van der Waals surface area contributed by atoms with Crippen LogP contribution in [0.25, 0.3) is 0 Å². The highest BCUT2D eigenvalue weighted by Crippen LogP contribution is 2.22. The summed E-state index contributed by atoms with van der Waals surface area (Å²) < 4.78 is 0. The van der Waals surface area contributed by atoms with Crippen LogP contribution in [-0.2, 0) is 14.4 Å². The highest BCUT2D eigenvalue weighted by atomic mass is 32.2. The molecule has 1 aromatic rings. The van der Waals surface area contributed by atoms with E-state index in [1.165, 1.54) is 28.5 Å². The molecule has 0 saturated heterocycles. The molecule has 9 nitrogen and oxygen atoms in total. The molecule has 0 radical (unpaired) electrons. The molecule has 41 heavy (non-hydrogen) atoms. The number of imide groups is 1. The van der Waals surface area contributed by atoms with E-state index >= 15 is 0 Å². The lowest BCUT2D eigenvalue weighted by molar-refractivity contribution is -0.141. The monoisotopic (exact) mass is 586 g/mol. The van der Waals surface area contributed by atoms with E-state index in [1.807, 2.05) is 0 Å². The van der Waals surface area contributed by atoms with E-state index < -0.39 is 17.9 Å². The molecule has 0 aliphatic carbocycles. The topological polar surface area (TPSA) is 141 Å². The van der Waals surface area contributed by atoms with Gasteiger partial charge in [0.2, 0.25) is 5.91 Å². The van der Waals surface area contributed by atoms with E-state index in [9.17, 15) is 24.3 Å². The Morgan fingerprint density at radius 1 is 0.927 bits per heavy atom. The number of nitrogens with zero attached hydrogens (tertiary/aromatic N) is 1. The van der Waals surface area contributed by atoms with Crippen molar-refractivity contribution in [3.8, 4) is 0 Å². The molecule has 0 bridgehead atoms. The molecule has 10 heteroatoms. The van der Waals surface area contributed by atoms with Gasteiger partial charge >= 0.3 is 5.97 Å². The third-order valence-electron chi connectivity index (χ3n) is 6.25. The van der Waals surface area contributed by atoms with E-state index in [2.05, 4.69) is 51.2 Å². The average molecular weight is 587 g/mol. The number of hydrogen-bond donors (Lipinski definition) is 3. The second-order valence-electron chi connectivity index (χ2n) is 9.97. The number of thioether (sulfide) groups is 1. The quantitative estimate of drug-likeness (QED) is 0.100. The maximum absolute atomic E-state index is 12.4. The fourth-order valence-corrected chi connectivity index (χ4v) is 5.01. The number of carboxylic acids is 1. The second kappa shape index (κ2) is 19.4. The summed E-state index contributed by atoms with van der Waals surface area (Å²) in [6.07, 6.45) is 11.1. The van der Waals surface area contributed by atoms with Crippen LogP contribution >= 0.6 is 11.8 Å². The van der Waals surface area contributed by atoms with Crippen LogP contribution in [0.1, 0.15) is 86.9 Å². The number of allylic oxidation sites excluding steroid dienone is 5. The maximum Gasteiger partial charge on any atom is 0.327 e. The van der Waals surface area contributed by atoms with Gasteiger partial charge in [-0.2, -0.15) is 11.8 Å². The van der Waals surface area contributed by atoms with E-state index in [4.69, 9.17) is 9.90 Å². The first-order valence-corrected chi connectivity index (χ1v) is 14.7. The van der Waals surface area contributed by atoms with Crippen molar-refractivity contribution in [2.24, 2.45) is 0 Å². The van der Waals surface area contributed by atoms with Gasteiger partial charge in [0.15, 0.2) is 0 Å². The molecule has 224 valence electrons. The lowest BCUT2D eigenvalue weighted by Gasteiger charge is -2.16. The molecule has 0 saturated carbocycles. The molecule has 3 N–H and O–H groups in total. The Morgan fingerprint density at radius 2 is 1.46 bits per heavy atom. The molecule has 0 fully saturated rings. The smallest absolute Gasteiger partial charge is 0.327 e. The van der Waals surface area contributed by atoms with Crippen molar-refractivity contribution in [2.45, 2.75) is 72.3 Å². The lowest BCUT2D eigenvalue weighted by atomic mass is 10.1. The largest absolute Gasteiger partial charge is 0.483 e. The molecule has 2 rings (SSSR count). The second-order valence-corrected chi connectivity index (χ2v) is 11.0. The molecule has 3 amide bonds. The Morgan fingerprint density at radius 3 is 2.00 bits per heavy atom. The third kappa shape index (κ3) is 13.5. The molecule has 1 aliphatic rings. The van der Waals surface area contributed by atoms with E-state index in [1.54, 1.807) is 24.3 Å². The van der Waals surface area contributed by atoms with E-state index in [-0.39, 0.29) is 43.4 Å². The number of rotatable bonds is 16. The zero-order valence-electron chi connectivity index (χ0n) is 24.4. The van der Waals surface area contributed by atoms with Crippen molar-refractivity contribution >= 4 is 41.9 Å². The minimum absolute atomic E-state index is 0.0299. The Labute approximate surface area is 246 Å². The standard InChI is InChI=1S/C30H40N2O5S.CH2O2/c1-21(2)10-7-11-22(3)12-8-13-23(4)17-19-38-20-26(30(36)37)31-27(33)16-9-18-32-28(34)24-14-5-6-15-25(24)29(32)35;2-1-3/h5-6,10,12,14-15,17,26H,7-9,11,13,16,18-20H2,1-4H3,(H,31,33)(H,36,37);1H,(H,2,3)/b22-12+,23-17+;. The van der Waals surface area contributed by atoms with Crippen molar-refractivity contribution < 1.29 is 34.2 Å². The molecule has 0 spiro atoms. The molecule has 1 heterocycles. The van der Waals surface area contributed by atoms with Crippen LogP contribution in [0, 0.1) is 0 Å². The molecule has 1 unspecified atom stereocenters. The zero-order chi connectivity index (χ0) is 30.8. The van der Waals surface area contributed by atoms with Gasteiger partial charge in [-0.1, -0.05) is 47.1 Å². The Bertz CT molecular complexity index is 1120. The summed E-state index contributed by atoms with van der Waals surface area (Å²) in [5, 5.41) is 19.0. The van der Waals surface area contributed by atoms with Crippen LogP contribution < -0.4 is 5.32 Å². The maximum atomic E-state index is 12.4. The van der Waals surface area contributed by atoms with Crippen LogP contribution in [0.15, 0.2) is 59.2 Å². The summed E-state index contributed by atoms with van der Waals surface area (Å²) in [4.78, 5) is 58.3. The number of carbonyl (C=O) groups is 5. The first kappa shape index (κ1) is 35.4. The van der Waals surface area contributed by atoms with Gasteiger partial charge in [-0.3, -0.25) is 24.1 Å². The van der Waals surface area contributed by atoms with Gasteiger partial charge in [0.05, 0.1) is 11.1 Å². The summed E-state index contributed by atoms with van der Waals surface area (Å²) in [7, 11) is 0. The summed E-state index contributed by atoms with van der Waals surface area (Å²) in [5.74, 6) is -1.28. The first-order valence-electron chi connectivity index (χ1n) is 13.6. The number of fused-ring (bicyclic) bond motifs is 1. The average Bonchev–Trinajstić information content (AvgIpc) is 3.15. The minimum atomic E-state index is -1.08. The predicted molar refractivity (Wildman–Crippen MR) is 162 cm³/mol. The first-order chi connectivity index (χ1) is 19.5. The predicted octanol–water partition coefficient (Wildman–Crippen LogP) is 5.49. The number of benzene rings is 1. The van der Waals surface area contributed by atoms with Gasteiger partial charge in [-0.05, 0) is 71.9 Å². The molecular weight excluding hydrogens is 544 g/mol. The fraction of sp³-hybridized carbons (Fsp3) is 0.452. The van der Waals surface area contributed by atoms with Crippen LogP contribution in [0.2, 0.25) is 0 Å². The SMILES string of the molecule is CC(C)=CCC/C(C)=C/CC/C(C)=C/CSCC(NC(=O)CCCN1C(=O)c2ccccc2C1=O)C(=O)O.O=CO. The molecule has 0 aromatic heterocycles. The van der Waals surface area contributed by atoms with Gasteiger partial charge in [0.25, 0.3) is 18.3 Å². The highest BCUT2D eigenvalue weighted by Gasteiger charge is 2.34. The Hall–Kier alpha value is -3.66. The number of hydrogen-bond acceptors (Lipinski definition) is 6. The molecule has 1 atom stereocenters. The van der Waals surface area contributed by atoms with Gasteiger partial charge in [0.1, 0.15) is 6.04 Å². The summed E-state index contributed by atoms with van der Waals surface area (Å²) >= 11 is 1.46. The van der Waals surface area contributed by atoms with Gasteiger partial charge in [-0.15, -0.1) is 0 Å². The van der Waals surface area contributed by atoms with E-state index in [0.717, 1.165) is 30.6 Å². The van der Waals surface area contributed by atoms with Crippen LogP contribution in [0.4, 0.5) is 0 Å². The zero-order valence-corrected chi connectivity index (χ0v) is 25.2. The summed E-state index contributed by atoms with van der Waals surface area (Å²) in [6.45, 7) is 8.33. The number of amides is 3.